The van der Waals surface area contributed by atoms with E-state index in [1.807, 2.05) is 0 Å². The van der Waals surface area contributed by atoms with Gasteiger partial charge >= 0.3 is 0 Å². The van der Waals surface area contributed by atoms with Crippen LogP contribution in [-0.2, 0) is 0 Å². The highest BCUT2D eigenvalue weighted by Gasteiger charge is 2.82. The molecule has 10 atom stereocenters. The predicted octanol–water partition coefficient (Wildman–Crippen LogP) is 4.71. The lowest BCUT2D eigenvalue weighted by Crippen LogP contribution is -2.58. The van der Waals surface area contributed by atoms with Crippen molar-refractivity contribution in [1.29, 1.82) is 0 Å². The lowest BCUT2D eigenvalue weighted by molar-refractivity contribution is -0.105. The molecule has 4 saturated carbocycles. The van der Waals surface area contributed by atoms with Gasteiger partial charge in [-0.3, -0.25) is 0 Å². The summed E-state index contributed by atoms with van der Waals surface area (Å²) in [5.74, 6) is 1.69. The van der Waals surface area contributed by atoms with E-state index in [4.69, 9.17) is 0 Å². The summed E-state index contributed by atoms with van der Waals surface area (Å²) in [6.07, 6.45) is 13.0. The van der Waals surface area contributed by atoms with E-state index in [-0.39, 0.29) is 16.9 Å². The summed E-state index contributed by atoms with van der Waals surface area (Å²) >= 11 is 0. The van der Waals surface area contributed by atoms with E-state index in [2.05, 4.69) is 78.1 Å². The fourth-order valence-corrected chi connectivity index (χ4v) is 10.7. The van der Waals surface area contributed by atoms with Crippen molar-refractivity contribution >= 4 is 0 Å². The van der Waals surface area contributed by atoms with Gasteiger partial charge in [0.2, 0.25) is 0 Å². The molecule has 0 aromatic carbocycles. The molecule has 0 aliphatic heterocycles. The zero-order chi connectivity index (χ0) is 21.9. The summed E-state index contributed by atoms with van der Waals surface area (Å²) in [6.45, 7) is 12.4. The largest absolute Gasteiger partial charge is 0.393 e. The summed E-state index contributed by atoms with van der Waals surface area (Å²) in [4.78, 5) is 2.48. The minimum absolute atomic E-state index is 0.181. The molecule has 0 aromatic heterocycles. The Morgan fingerprint density at radius 3 is 2.23 bits per heavy atom. The Labute approximate surface area is 185 Å². The summed E-state index contributed by atoms with van der Waals surface area (Å²) in [5.41, 5.74) is 1.75. The molecule has 5 rings (SSSR count). The first kappa shape index (κ1) is 21.5. The number of fused-ring (bicyclic) bond motifs is 2. The standard InChI is InChI=1S/C27H46N2O/c1-17(28-6)22-18(30)15-25(5)20-10-9-19-23(2,3)21(29(7)8)11-12-26(19)16-27(20,26)14-13-24(22,25)4/h9-10,17-22,28,30H,11-16H2,1-8H3/t17-,18+,19-,20-,21-,22-,24+,25-,26+,27-/m0/s1. The normalized spacial score (nSPS) is 56.7. The van der Waals surface area contributed by atoms with Gasteiger partial charge in [-0.25, -0.2) is 0 Å². The van der Waals surface area contributed by atoms with Crippen molar-refractivity contribution < 1.29 is 5.11 Å². The van der Waals surface area contributed by atoms with Crippen LogP contribution in [0.2, 0.25) is 0 Å². The van der Waals surface area contributed by atoms with Crippen LogP contribution in [-0.4, -0.2) is 49.3 Å². The van der Waals surface area contributed by atoms with E-state index in [1.165, 1.54) is 32.1 Å². The second kappa shape index (κ2) is 6.14. The maximum Gasteiger partial charge on any atom is 0.0594 e. The molecular weight excluding hydrogens is 368 g/mol. The van der Waals surface area contributed by atoms with Crippen LogP contribution in [0.4, 0.5) is 0 Å². The van der Waals surface area contributed by atoms with Gasteiger partial charge in [-0.05, 0) is 106 Å². The maximum atomic E-state index is 11.3. The average molecular weight is 415 g/mol. The van der Waals surface area contributed by atoms with Crippen LogP contribution in [0, 0.1) is 44.8 Å². The van der Waals surface area contributed by atoms with Crippen LogP contribution < -0.4 is 5.32 Å². The van der Waals surface area contributed by atoms with Crippen molar-refractivity contribution in [1.82, 2.24) is 10.2 Å². The number of aliphatic hydroxyl groups is 1. The molecule has 0 amide bonds. The van der Waals surface area contributed by atoms with E-state index in [0.29, 0.717) is 46.1 Å². The molecule has 0 bridgehead atoms. The molecule has 4 fully saturated rings. The quantitative estimate of drug-likeness (QED) is 0.657. The third kappa shape index (κ3) is 2.19. The van der Waals surface area contributed by atoms with Gasteiger partial charge in [0.1, 0.15) is 0 Å². The minimum atomic E-state index is -0.181. The van der Waals surface area contributed by atoms with E-state index < -0.39 is 0 Å². The number of rotatable bonds is 3. The molecule has 0 saturated heterocycles. The second-order valence-corrected chi connectivity index (χ2v) is 13.4. The molecule has 2 N–H and O–H groups in total. The van der Waals surface area contributed by atoms with Crippen molar-refractivity contribution in [2.24, 2.45) is 44.8 Å². The fraction of sp³-hybridized carbons (Fsp3) is 0.926. The lowest BCUT2D eigenvalue weighted by Gasteiger charge is -2.62. The van der Waals surface area contributed by atoms with Gasteiger partial charge in [0.15, 0.2) is 0 Å². The summed E-state index contributed by atoms with van der Waals surface area (Å²) in [7, 11) is 6.62. The van der Waals surface area contributed by atoms with Crippen LogP contribution >= 0.6 is 0 Å². The molecule has 3 heteroatoms. The monoisotopic (exact) mass is 414 g/mol. The van der Waals surface area contributed by atoms with Crippen molar-refractivity contribution in [2.75, 3.05) is 21.1 Å². The highest BCUT2D eigenvalue weighted by atomic mass is 16.3. The van der Waals surface area contributed by atoms with Crippen molar-refractivity contribution in [3.63, 3.8) is 0 Å². The zero-order valence-corrected chi connectivity index (χ0v) is 20.8. The van der Waals surface area contributed by atoms with E-state index >= 15 is 0 Å². The third-order valence-corrected chi connectivity index (χ3v) is 12.2. The molecule has 30 heavy (non-hydrogen) atoms. The Bertz CT molecular complexity index is 760. The second-order valence-electron chi connectivity index (χ2n) is 13.4. The maximum absolute atomic E-state index is 11.3. The van der Waals surface area contributed by atoms with Gasteiger partial charge in [-0.1, -0.05) is 39.8 Å². The smallest absolute Gasteiger partial charge is 0.0594 e. The number of aliphatic hydroxyl groups excluding tert-OH is 1. The molecule has 2 spiro atoms. The average Bonchev–Trinajstić information content (AvgIpc) is 3.26. The SMILES string of the molecule is CN[C@@H](C)[C@H]1[C@H](O)C[C@@]2(C)[C@@H]3C=C[C@H]4C(C)(C)[C@@H](N(C)C)CC[C@@]45C[C@@]35CC[C@]12C. The van der Waals surface area contributed by atoms with Crippen LogP contribution in [0.3, 0.4) is 0 Å². The van der Waals surface area contributed by atoms with Crippen LogP contribution in [0.25, 0.3) is 0 Å². The van der Waals surface area contributed by atoms with E-state index in [0.717, 1.165) is 6.42 Å². The van der Waals surface area contributed by atoms with Crippen molar-refractivity contribution in [3.8, 4) is 0 Å². The Hall–Kier alpha value is -0.380. The topological polar surface area (TPSA) is 35.5 Å². The van der Waals surface area contributed by atoms with Crippen molar-refractivity contribution in [3.05, 3.63) is 12.2 Å². The Morgan fingerprint density at radius 2 is 1.60 bits per heavy atom. The molecule has 5 aliphatic carbocycles. The predicted molar refractivity (Wildman–Crippen MR) is 124 cm³/mol. The fourth-order valence-electron chi connectivity index (χ4n) is 10.7. The zero-order valence-electron chi connectivity index (χ0n) is 20.8. The van der Waals surface area contributed by atoms with Crippen LogP contribution in [0.1, 0.15) is 73.1 Å². The highest BCUT2D eigenvalue weighted by molar-refractivity contribution is 5.37. The summed E-state index contributed by atoms with van der Waals surface area (Å²) < 4.78 is 0. The van der Waals surface area contributed by atoms with Crippen molar-refractivity contribution in [2.45, 2.75) is 91.3 Å². The van der Waals surface area contributed by atoms with Gasteiger partial charge in [-0.15, -0.1) is 0 Å². The molecular formula is C27H46N2O. The van der Waals surface area contributed by atoms with Gasteiger partial charge in [-0.2, -0.15) is 0 Å². The highest BCUT2D eigenvalue weighted by Crippen LogP contribution is 2.87. The van der Waals surface area contributed by atoms with Crippen LogP contribution in [0.15, 0.2) is 12.2 Å². The van der Waals surface area contributed by atoms with Crippen LogP contribution in [0.5, 0.6) is 0 Å². The molecule has 0 radical (unpaired) electrons. The number of hydrogen-bond donors (Lipinski definition) is 2. The number of allylic oxidation sites excluding steroid dienone is 2. The Morgan fingerprint density at radius 1 is 0.967 bits per heavy atom. The van der Waals surface area contributed by atoms with Gasteiger partial charge in [0.05, 0.1) is 6.10 Å². The number of hydrogen-bond acceptors (Lipinski definition) is 3. The molecule has 170 valence electrons. The lowest BCUT2D eigenvalue weighted by atomic mass is 9.43. The minimum Gasteiger partial charge on any atom is -0.393 e. The molecule has 5 aliphatic rings. The van der Waals surface area contributed by atoms with E-state index in [9.17, 15) is 5.11 Å². The summed E-state index contributed by atoms with van der Waals surface area (Å²) in [6, 6.07) is 1.04. The van der Waals surface area contributed by atoms with Gasteiger partial charge in [0, 0.05) is 18.0 Å². The Kier molecular flexibility index (Phi) is 4.39. The van der Waals surface area contributed by atoms with Gasteiger partial charge < -0.3 is 15.3 Å². The van der Waals surface area contributed by atoms with Gasteiger partial charge in [0.25, 0.3) is 0 Å². The Balaban J connectivity index is 1.56. The third-order valence-electron chi connectivity index (χ3n) is 12.2. The first-order valence-corrected chi connectivity index (χ1v) is 12.6. The molecule has 0 unspecified atom stereocenters. The number of nitrogens with zero attached hydrogens (tertiary/aromatic N) is 1. The van der Waals surface area contributed by atoms with E-state index in [1.54, 1.807) is 0 Å². The molecule has 0 aromatic rings. The first-order chi connectivity index (χ1) is 13.9. The number of nitrogens with one attached hydrogen (secondary N) is 1. The molecule has 0 heterocycles. The summed E-state index contributed by atoms with van der Waals surface area (Å²) in [5, 5.41) is 14.8. The first-order valence-electron chi connectivity index (χ1n) is 12.6. The molecule has 3 nitrogen and oxygen atoms in total.